The molecule has 28 heavy (non-hydrogen) atoms. The maximum absolute atomic E-state index is 10.9. The van der Waals surface area contributed by atoms with Crippen LogP contribution in [0.1, 0.15) is 0 Å². The smallest absolute Gasteiger partial charge is 0.281 e. The second kappa shape index (κ2) is 7.60. The van der Waals surface area contributed by atoms with E-state index in [1.807, 2.05) is 12.1 Å². The third-order valence-corrected chi connectivity index (χ3v) is 5.33. The van der Waals surface area contributed by atoms with Crippen LogP contribution >= 0.6 is 0 Å². The number of nitrogens with zero attached hydrogens (tertiary/aromatic N) is 2. The van der Waals surface area contributed by atoms with Gasteiger partial charge in [-0.2, -0.15) is 16.8 Å². The van der Waals surface area contributed by atoms with Crippen molar-refractivity contribution in [2.24, 2.45) is 9.98 Å². The number of rotatable bonds is 2. The summed E-state index contributed by atoms with van der Waals surface area (Å²) >= 11 is 0. The summed E-state index contributed by atoms with van der Waals surface area (Å²) in [6.07, 6.45) is 2.06. The molecule has 0 saturated carbocycles. The number of fused-ring (bicyclic) bond motifs is 1. The Kier molecular flexibility index (Phi) is 5.38. The van der Waals surface area contributed by atoms with E-state index in [1.54, 1.807) is 0 Å². The molecule has 8 nitrogen and oxygen atoms in total. The van der Waals surface area contributed by atoms with Crippen LogP contribution in [0.4, 0.5) is 0 Å². The summed E-state index contributed by atoms with van der Waals surface area (Å²) in [5, 5.41) is -1.68. The van der Waals surface area contributed by atoms with Crippen LogP contribution < -0.4 is 0 Å². The zero-order valence-electron chi connectivity index (χ0n) is 14.2. The fourth-order valence-electron chi connectivity index (χ4n) is 2.53. The lowest BCUT2D eigenvalue weighted by Gasteiger charge is -1.98. The zero-order valence-corrected chi connectivity index (χ0v) is 15.8. The largest absolute Gasteiger partial charge is 0.312 e. The number of hydrogen-bond donors (Lipinski definition) is 2. The van der Waals surface area contributed by atoms with Crippen molar-refractivity contribution >= 4 is 31.5 Å². The van der Waals surface area contributed by atoms with Crippen molar-refractivity contribution in [3.8, 4) is 11.1 Å². The molecule has 2 aliphatic rings. The van der Waals surface area contributed by atoms with E-state index in [1.165, 1.54) is 11.1 Å². The van der Waals surface area contributed by atoms with Gasteiger partial charge in [-0.1, -0.05) is 60.7 Å². The van der Waals surface area contributed by atoms with E-state index in [9.17, 15) is 16.8 Å². The second-order valence-electron chi connectivity index (χ2n) is 5.64. The molecule has 2 aromatic rings. The van der Waals surface area contributed by atoms with Crippen LogP contribution in [0.15, 0.2) is 93.0 Å². The van der Waals surface area contributed by atoms with Gasteiger partial charge in [0, 0.05) is 23.6 Å². The monoisotopic (exact) mass is 418 g/mol. The molecule has 0 aliphatic carbocycles. The predicted octanol–water partition coefficient (Wildman–Crippen LogP) is 2.71. The SMILES string of the molecule is O=S(=O)(O)C1=NC(S(=O)(=O)O)=C2C=NC=C12.c1ccc(-c2ccccc2)cc1. The molecule has 0 radical (unpaired) electrons. The van der Waals surface area contributed by atoms with Gasteiger partial charge in [-0.15, -0.1) is 0 Å². The molecule has 144 valence electrons. The van der Waals surface area contributed by atoms with Gasteiger partial charge in [0.25, 0.3) is 0 Å². The van der Waals surface area contributed by atoms with Crippen molar-refractivity contribution < 1.29 is 25.9 Å². The van der Waals surface area contributed by atoms with Crippen LogP contribution in [-0.4, -0.2) is 37.2 Å². The van der Waals surface area contributed by atoms with Crippen molar-refractivity contribution in [3.63, 3.8) is 0 Å². The third kappa shape index (κ3) is 4.31. The van der Waals surface area contributed by atoms with E-state index in [0.717, 1.165) is 12.4 Å². The molecule has 4 rings (SSSR count). The molecule has 0 unspecified atom stereocenters. The Hall–Kier alpha value is -2.92. The van der Waals surface area contributed by atoms with E-state index < -0.39 is 30.3 Å². The molecule has 2 aliphatic heterocycles. The fourth-order valence-corrected chi connectivity index (χ4v) is 3.89. The predicted molar refractivity (Wildman–Crippen MR) is 106 cm³/mol. The standard InChI is InChI=1S/C12H10.C6H4N2O6S2/c1-3-7-11(8-4-1)12-9-5-2-6-10-12;9-15(10,11)5-3-1-7-2-4(3)6(8-5)16(12,13)14/h1-10H;1-2H,(H,9,10,11)(H,12,13,14). The van der Waals surface area contributed by atoms with E-state index in [2.05, 4.69) is 58.5 Å². The summed E-state index contributed by atoms with van der Waals surface area (Å²) in [5.74, 6) is 0. The molecule has 0 saturated heterocycles. The van der Waals surface area contributed by atoms with Gasteiger partial charge in [0.2, 0.25) is 0 Å². The topological polar surface area (TPSA) is 133 Å². The molecule has 0 aromatic heterocycles. The van der Waals surface area contributed by atoms with Crippen molar-refractivity contribution in [2.45, 2.75) is 0 Å². The molecule has 0 spiro atoms. The molecule has 2 N–H and O–H groups in total. The number of aliphatic imine (C=N–C) groups is 2. The van der Waals surface area contributed by atoms with Crippen molar-refractivity contribution in [1.82, 2.24) is 0 Å². The summed E-state index contributed by atoms with van der Waals surface area (Å²) in [6.45, 7) is 0. The molecule has 2 heterocycles. The highest BCUT2D eigenvalue weighted by atomic mass is 32.2. The first-order valence-corrected chi connectivity index (χ1v) is 10.7. The van der Waals surface area contributed by atoms with Crippen LogP contribution in [0.3, 0.4) is 0 Å². The normalized spacial score (nSPS) is 15.5. The van der Waals surface area contributed by atoms with E-state index in [4.69, 9.17) is 9.11 Å². The maximum atomic E-state index is 10.9. The van der Waals surface area contributed by atoms with Gasteiger partial charge in [0.05, 0.1) is 0 Å². The summed E-state index contributed by atoms with van der Waals surface area (Å²) in [5.41, 5.74) is 2.24. The van der Waals surface area contributed by atoms with Crippen molar-refractivity contribution in [1.29, 1.82) is 0 Å². The zero-order chi connectivity index (χ0) is 20.4. The minimum absolute atomic E-state index is 0.157. The first kappa shape index (κ1) is 19.8. The van der Waals surface area contributed by atoms with Crippen LogP contribution in [-0.2, 0) is 20.2 Å². The number of allylic oxidation sites excluding steroid dienone is 1. The molecule has 10 heteroatoms. The van der Waals surface area contributed by atoms with E-state index >= 15 is 0 Å². The van der Waals surface area contributed by atoms with Crippen molar-refractivity contribution in [2.75, 3.05) is 0 Å². The molecule has 0 amide bonds. The first-order chi connectivity index (χ1) is 13.2. The lowest BCUT2D eigenvalue weighted by atomic mass is 10.1. The second-order valence-corrected chi connectivity index (χ2v) is 8.31. The average molecular weight is 418 g/mol. The molecule has 0 bridgehead atoms. The van der Waals surface area contributed by atoms with E-state index in [0.29, 0.717) is 0 Å². The van der Waals surface area contributed by atoms with Gasteiger partial charge in [0.15, 0.2) is 10.1 Å². The highest BCUT2D eigenvalue weighted by molar-refractivity contribution is 8.02. The molecule has 0 fully saturated rings. The van der Waals surface area contributed by atoms with Crippen LogP contribution in [0.5, 0.6) is 0 Å². The number of hydrogen-bond acceptors (Lipinski definition) is 6. The number of benzene rings is 2. The summed E-state index contributed by atoms with van der Waals surface area (Å²) < 4.78 is 61.1. The highest BCUT2D eigenvalue weighted by Crippen LogP contribution is 2.31. The minimum atomic E-state index is -4.67. The molecule has 0 atom stereocenters. The van der Waals surface area contributed by atoms with Gasteiger partial charge in [0.1, 0.15) is 0 Å². The quantitative estimate of drug-likeness (QED) is 0.720. The highest BCUT2D eigenvalue weighted by Gasteiger charge is 2.37. The van der Waals surface area contributed by atoms with Crippen LogP contribution in [0, 0.1) is 0 Å². The lowest BCUT2D eigenvalue weighted by molar-refractivity contribution is 0.490. The van der Waals surface area contributed by atoms with Gasteiger partial charge in [-0.3, -0.25) is 14.1 Å². The summed E-state index contributed by atoms with van der Waals surface area (Å²) in [6, 6.07) is 20.8. The Labute approximate surface area is 161 Å². The van der Waals surface area contributed by atoms with Crippen LogP contribution in [0.25, 0.3) is 11.1 Å². The van der Waals surface area contributed by atoms with Gasteiger partial charge < -0.3 is 0 Å². The first-order valence-electron chi connectivity index (χ1n) is 7.80. The van der Waals surface area contributed by atoms with Crippen molar-refractivity contribution in [3.05, 3.63) is 83.0 Å². The lowest BCUT2D eigenvalue weighted by Crippen LogP contribution is -2.13. The Morgan fingerprint density at radius 2 is 1.21 bits per heavy atom. The minimum Gasteiger partial charge on any atom is -0.281 e. The Morgan fingerprint density at radius 3 is 1.64 bits per heavy atom. The maximum Gasteiger partial charge on any atom is 0.312 e. The Balaban J connectivity index is 0.000000167. The fraction of sp³-hybridized carbons (Fsp3) is 0. The Morgan fingerprint density at radius 1 is 0.714 bits per heavy atom. The molecular weight excluding hydrogens is 404 g/mol. The van der Waals surface area contributed by atoms with Gasteiger partial charge in [-0.05, 0) is 11.1 Å². The average Bonchev–Trinajstić information content (AvgIpc) is 3.24. The van der Waals surface area contributed by atoms with Gasteiger partial charge >= 0.3 is 20.2 Å². The molecular formula is C18H14N2O6S2. The Bertz CT molecular complexity index is 1190. The van der Waals surface area contributed by atoms with Gasteiger partial charge in [-0.25, -0.2) is 4.99 Å². The van der Waals surface area contributed by atoms with E-state index in [-0.39, 0.29) is 11.1 Å². The summed E-state index contributed by atoms with van der Waals surface area (Å²) in [4.78, 5) is 6.69. The summed E-state index contributed by atoms with van der Waals surface area (Å²) in [7, 11) is -9.33. The third-order valence-electron chi connectivity index (χ3n) is 3.73. The van der Waals surface area contributed by atoms with Crippen LogP contribution in [0.2, 0.25) is 0 Å². The molecule has 2 aromatic carbocycles.